The van der Waals surface area contributed by atoms with Gasteiger partial charge in [0.15, 0.2) is 0 Å². The minimum absolute atomic E-state index is 0.768. The third-order valence-electron chi connectivity index (χ3n) is 1.50. The molecule has 0 aliphatic carbocycles. The van der Waals surface area contributed by atoms with Gasteiger partial charge in [-0.3, -0.25) is 0 Å². The molecule has 0 unspecified atom stereocenters. The molecular formula is C13H23NO. The zero-order valence-corrected chi connectivity index (χ0v) is 10.5. The van der Waals surface area contributed by atoms with Crippen LogP contribution in [0.3, 0.4) is 0 Å². The average Bonchev–Trinajstić information content (AvgIpc) is 2.66. The highest BCUT2D eigenvalue weighted by atomic mass is 16.3. The molecule has 0 aliphatic heterocycles. The van der Waals surface area contributed by atoms with E-state index in [1.54, 1.807) is 18.4 Å². The summed E-state index contributed by atoms with van der Waals surface area (Å²) >= 11 is 0. The lowest BCUT2D eigenvalue weighted by Gasteiger charge is -1.89. The maximum absolute atomic E-state index is 5.26. The van der Waals surface area contributed by atoms with Gasteiger partial charge in [-0.25, -0.2) is 0 Å². The summed E-state index contributed by atoms with van der Waals surface area (Å²) < 4.78 is 5.17. The van der Waals surface area contributed by atoms with E-state index >= 15 is 0 Å². The molecule has 0 atom stereocenters. The molecule has 15 heavy (non-hydrogen) atoms. The predicted octanol–water partition coefficient (Wildman–Crippen LogP) is 4.21. The molecule has 0 radical (unpaired) electrons. The van der Waals surface area contributed by atoms with Gasteiger partial charge in [-0.1, -0.05) is 34.3 Å². The van der Waals surface area contributed by atoms with E-state index in [2.05, 4.69) is 6.58 Å². The van der Waals surface area contributed by atoms with Gasteiger partial charge < -0.3 is 10.2 Å². The third kappa shape index (κ3) is 5.11. The summed E-state index contributed by atoms with van der Waals surface area (Å²) in [5.74, 6) is 0.768. The monoisotopic (exact) mass is 209 g/mol. The topological polar surface area (TPSA) is 39.2 Å². The molecule has 1 rings (SSSR count). The van der Waals surface area contributed by atoms with Crippen LogP contribution in [0.1, 0.15) is 44.6 Å². The first-order valence-electron chi connectivity index (χ1n) is 5.38. The maximum atomic E-state index is 5.26. The second-order valence-electron chi connectivity index (χ2n) is 2.26. The molecular weight excluding hydrogens is 186 g/mol. The zero-order chi connectivity index (χ0) is 12.3. The summed E-state index contributed by atoms with van der Waals surface area (Å²) in [5, 5.41) is 0. The van der Waals surface area contributed by atoms with Crippen LogP contribution in [-0.4, -0.2) is 0 Å². The van der Waals surface area contributed by atoms with Crippen LogP contribution >= 0.6 is 0 Å². The molecule has 1 aromatic heterocycles. The van der Waals surface area contributed by atoms with Gasteiger partial charge in [-0.15, -0.1) is 0 Å². The van der Waals surface area contributed by atoms with Crippen LogP contribution < -0.4 is 5.73 Å². The van der Waals surface area contributed by atoms with Crippen molar-refractivity contribution in [1.82, 2.24) is 0 Å². The van der Waals surface area contributed by atoms with Gasteiger partial charge in [0, 0.05) is 5.56 Å². The SMILES string of the molecule is C=Cc1occ(C)c1/C=C\N.CC.CC. The molecule has 0 saturated carbocycles. The van der Waals surface area contributed by atoms with Crippen LogP contribution in [-0.2, 0) is 0 Å². The number of nitrogens with two attached hydrogens (primary N) is 1. The van der Waals surface area contributed by atoms with Crippen molar-refractivity contribution in [3.8, 4) is 0 Å². The van der Waals surface area contributed by atoms with Gasteiger partial charge in [-0.05, 0) is 30.8 Å². The van der Waals surface area contributed by atoms with Crippen LogP contribution in [0.4, 0.5) is 0 Å². The van der Waals surface area contributed by atoms with Gasteiger partial charge in [0.25, 0.3) is 0 Å². The van der Waals surface area contributed by atoms with Crippen molar-refractivity contribution < 1.29 is 4.42 Å². The lowest BCUT2D eigenvalue weighted by molar-refractivity contribution is 0.555. The molecule has 2 nitrogen and oxygen atoms in total. The fraction of sp³-hybridized carbons (Fsp3) is 0.385. The lowest BCUT2D eigenvalue weighted by Crippen LogP contribution is -1.79. The van der Waals surface area contributed by atoms with E-state index in [1.165, 1.54) is 6.20 Å². The zero-order valence-electron chi connectivity index (χ0n) is 10.5. The fourth-order valence-electron chi connectivity index (χ4n) is 0.941. The van der Waals surface area contributed by atoms with E-state index in [0.717, 1.165) is 16.9 Å². The number of hydrogen-bond acceptors (Lipinski definition) is 2. The Morgan fingerprint density at radius 3 is 2.20 bits per heavy atom. The van der Waals surface area contributed by atoms with Crippen molar-refractivity contribution in [2.24, 2.45) is 5.73 Å². The Hall–Kier alpha value is -1.44. The predicted molar refractivity (Wildman–Crippen MR) is 69.5 cm³/mol. The summed E-state index contributed by atoms with van der Waals surface area (Å²) in [6.45, 7) is 13.6. The van der Waals surface area contributed by atoms with Crippen molar-refractivity contribution >= 4 is 12.2 Å². The summed E-state index contributed by atoms with van der Waals surface area (Å²) in [4.78, 5) is 0. The Balaban J connectivity index is 0. The summed E-state index contributed by atoms with van der Waals surface area (Å²) in [6, 6.07) is 0. The minimum Gasteiger partial charge on any atom is -0.464 e. The Kier molecular flexibility index (Phi) is 11.4. The normalized spacial score (nSPS) is 8.60. The van der Waals surface area contributed by atoms with E-state index in [9.17, 15) is 0 Å². The van der Waals surface area contributed by atoms with E-state index in [-0.39, 0.29) is 0 Å². The Labute approximate surface area is 93.5 Å². The van der Waals surface area contributed by atoms with Gasteiger partial charge in [0.1, 0.15) is 5.76 Å². The largest absolute Gasteiger partial charge is 0.464 e. The van der Waals surface area contributed by atoms with Gasteiger partial charge >= 0.3 is 0 Å². The van der Waals surface area contributed by atoms with Gasteiger partial charge in [0.05, 0.1) is 6.26 Å². The quantitative estimate of drug-likeness (QED) is 0.792. The van der Waals surface area contributed by atoms with Crippen LogP contribution in [0.15, 0.2) is 23.5 Å². The van der Waals surface area contributed by atoms with Crippen molar-refractivity contribution in [3.63, 3.8) is 0 Å². The summed E-state index contributed by atoms with van der Waals surface area (Å²) in [5.41, 5.74) is 7.33. The third-order valence-corrected chi connectivity index (χ3v) is 1.50. The molecule has 0 aromatic carbocycles. The molecule has 1 heterocycles. The minimum atomic E-state index is 0.768. The van der Waals surface area contributed by atoms with E-state index in [4.69, 9.17) is 10.2 Å². The summed E-state index contributed by atoms with van der Waals surface area (Å²) in [6.07, 6.45) is 6.65. The molecule has 0 aliphatic rings. The smallest absolute Gasteiger partial charge is 0.133 e. The van der Waals surface area contributed by atoms with E-state index in [0.29, 0.717) is 0 Å². The first-order chi connectivity index (χ1) is 7.29. The Bertz CT molecular complexity index is 285. The molecule has 2 N–H and O–H groups in total. The number of rotatable bonds is 2. The number of furan rings is 1. The highest BCUT2D eigenvalue weighted by molar-refractivity contribution is 5.63. The second kappa shape index (κ2) is 10.6. The first kappa shape index (κ1) is 16.0. The van der Waals surface area contributed by atoms with E-state index < -0.39 is 0 Å². The van der Waals surface area contributed by atoms with Crippen molar-refractivity contribution in [3.05, 3.63) is 35.9 Å². The Morgan fingerprint density at radius 2 is 1.80 bits per heavy atom. The van der Waals surface area contributed by atoms with E-state index in [1.807, 2.05) is 34.6 Å². The van der Waals surface area contributed by atoms with Crippen LogP contribution in [0, 0.1) is 6.92 Å². The molecule has 0 fully saturated rings. The highest BCUT2D eigenvalue weighted by Crippen LogP contribution is 2.18. The highest BCUT2D eigenvalue weighted by Gasteiger charge is 2.02. The average molecular weight is 209 g/mol. The second-order valence-corrected chi connectivity index (χ2v) is 2.26. The first-order valence-corrected chi connectivity index (χ1v) is 5.38. The van der Waals surface area contributed by atoms with Crippen molar-refractivity contribution in [2.45, 2.75) is 34.6 Å². The van der Waals surface area contributed by atoms with Crippen molar-refractivity contribution in [2.75, 3.05) is 0 Å². The van der Waals surface area contributed by atoms with Crippen LogP contribution in [0.25, 0.3) is 12.2 Å². The summed E-state index contributed by atoms with van der Waals surface area (Å²) in [7, 11) is 0. The lowest BCUT2D eigenvalue weighted by atomic mass is 10.1. The van der Waals surface area contributed by atoms with Gasteiger partial charge in [0.2, 0.25) is 0 Å². The molecule has 0 saturated heterocycles. The molecule has 0 amide bonds. The fourth-order valence-corrected chi connectivity index (χ4v) is 0.941. The maximum Gasteiger partial charge on any atom is 0.133 e. The number of aryl methyl sites for hydroxylation is 1. The molecule has 86 valence electrons. The van der Waals surface area contributed by atoms with Crippen molar-refractivity contribution in [1.29, 1.82) is 0 Å². The van der Waals surface area contributed by atoms with Crippen LogP contribution in [0.2, 0.25) is 0 Å². The molecule has 2 heteroatoms. The molecule has 0 bridgehead atoms. The number of hydrogen-bond donors (Lipinski definition) is 1. The Morgan fingerprint density at radius 1 is 1.27 bits per heavy atom. The molecule has 1 aromatic rings. The van der Waals surface area contributed by atoms with Gasteiger partial charge in [-0.2, -0.15) is 0 Å². The standard InChI is InChI=1S/C9H11NO.2C2H6/c1-3-9-8(4-5-10)7(2)6-11-9;2*1-2/h3-6H,1,10H2,2H3;2*1-2H3/b5-4-;;. The molecule has 0 spiro atoms. The van der Waals surface area contributed by atoms with Crippen LogP contribution in [0.5, 0.6) is 0 Å².